The predicted molar refractivity (Wildman–Crippen MR) is 90.7 cm³/mol. The van der Waals surface area contributed by atoms with E-state index in [4.69, 9.17) is 4.52 Å². The molecule has 4 rings (SSSR count). The fourth-order valence-corrected chi connectivity index (χ4v) is 2.75. The maximum Gasteiger partial charge on any atom is 0.252 e. The van der Waals surface area contributed by atoms with E-state index in [1.807, 2.05) is 25.1 Å². The minimum atomic E-state index is -0.177. The van der Waals surface area contributed by atoms with Gasteiger partial charge in [-0.1, -0.05) is 21.1 Å². The molecule has 8 nitrogen and oxygen atoms in total. The predicted octanol–water partition coefficient (Wildman–Crippen LogP) is 3.13. The van der Waals surface area contributed by atoms with Gasteiger partial charge in [0.2, 0.25) is 0 Å². The average Bonchev–Trinajstić information content (AvgIpc) is 3.23. The van der Waals surface area contributed by atoms with Gasteiger partial charge < -0.3 is 9.84 Å². The van der Waals surface area contributed by atoms with Crippen LogP contribution in [-0.4, -0.2) is 29.9 Å². The standard InChI is InChI=1S/C15H12BrN7O/c1-9(14-19-8-20-23(14)15-17-5-2-6-18-15)21-13-11-7-10(16)3-4-12(11)24-22-13/h2-9H,1H3,(H,21,22). The molecule has 1 unspecified atom stereocenters. The highest BCUT2D eigenvalue weighted by Crippen LogP contribution is 2.28. The lowest BCUT2D eigenvalue weighted by molar-refractivity contribution is 0.458. The Morgan fingerprint density at radius 3 is 2.88 bits per heavy atom. The molecule has 3 heterocycles. The first-order chi connectivity index (χ1) is 11.7. The number of nitrogens with zero attached hydrogens (tertiary/aromatic N) is 6. The van der Waals surface area contributed by atoms with Crippen LogP contribution in [0.25, 0.3) is 16.9 Å². The van der Waals surface area contributed by atoms with Gasteiger partial charge in [-0.05, 0) is 31.2 Å². The molecule has 3 aromatic heterocycles. The van der Waals surface area contributed by atoms with Crippen LogP contribution in [0.15, 0.2) is 52.0 Å². The van der Waals surface area contributed by atoms with E-state index in [0.717, 1.165) is 9.86 Å². The van der Waals surface area contributed by atoms with Crippen LogP contribution in [0, 0.1) is 0 Å². The van der Waals surface area contributed by atoms with E-state index in [2.05, 4.69) is 46.5 Å². The molecule has 1 N–H and O–H groups in total. The van der Waals surface area contributed by atoms with Gasteiger partial charge in [-0.25, -0.2) is 15.0 Å². The molecule has 120 valence electrons. The number of nitrogens with one attached hydrogen (secondary N) is 1. The number of hydrogen-bond donors (Lipinski definition) is 1. The number of fused-ring (bicyclic) bond motifs is 1. The van der Waals surface area contributed by atoms with E-state index in [1.54, 1.807) is 23.1 Å². The van der Waals surface area contributed by atoms with Gasteiger partial charge >= 0.3 is 0 Å². The van der Waals surface area contributed by atoms with Crippen molar-refractivity contribution in [2.75, 3.05) is 5.32 Å². The van der Waals surface area contributed by atoms with Crippen LogP contribution >= 0.6 is 15.9 Å². The van der Waals surface area contributed by atoms with Gasteiger partial charge in [-0.3, -0.25) is 0 Å². The topological polar surface area (TPSA) is 94.6 Å². The van der Waals surface area contributed by atoms with Gasteiger partial charge in [0, 0.05) is 16.9 Å². The van der Waals surface area contributed by atoms with Crippen molar-refractivity contribution in [1.29, 1.82) is 0 Å². The third kappa shape index (κ3) is 2.62. The van der Waals surface area contributed by atoms with Gasteiger partial charge in [-0.15, -0.1) is 0 Å². The van der Waals surface area contributed by atoms with Crippen LogP contribution in [-0.2, 0) is 0 Å². The van der Waals surface area contributed by atoms with Crippen molar-refractivity contribution in [2.45, 2.75) is 13.0 Å². The van der Waals surface area contributed by atoms with Crippen molar-refractivity contribution in [3.8, 4) is 5.95 Å². The Balaban J connectivity index is 1.66. The minimum absolute atomic E-state index is 0.177. The molecule has 0 aliphatic heterocycles. The molecule has 0 fully saturated rings. The summed E-state index contributed by atoms with van der Waals surface area (Å²) >= 11 is 3.46. The highest BCUT2D eigenvalue weighted by molar-refractivity contribution is 9.10. The van der Waals surface area contributed by atoms with E-state index in [1.165, 1.54) is 6.33 Å². The van der Waals surface area contributed by atoms with E-state index in [0.29, 0.717) is 23.2 Å². The molecular weight excluding hydrogens is 374 g/mol. The van der Waals surface area contributed by atoms with Crippen LogP contribution in [0.3, 0.4) is 0 Å². The molecule has 0 bridgehead atoms. The molecule has 1 atom stereocenters. The Morgan fingerprint density at radius 2 is 2.04 bits per heavy atom. The van der Waals surface area contributed by atoms with Gasteiger partial charge in [0.25, 0.3) is 5.95 Å². The molecule has 0 radical (unpaired) electrons. The number of halogens is 1. The molecule has 0 amide bonds. The zero-order valence-electron chi connectivity index (χ0n) is 12.6. The highest BCUT2D eigenvalue weighted by atomic mass is 79.9. The maximum absolute atomic E-state index is 5.34. The van der Waals surface area contributed by atoms with E-state index < -0.39 is 0 Å². The second-order valence-electron chi connectivity index (χ2n) is 5.12. The van der Waals surface area contributed by atoms with Crippen molar-refractivity contribution < 1.29 is 4.52 Å². The molecule has 0 aliphatic carbocycles. The molecular formula is C15H12BrN7O. The van der Waals surface area contributed by atoms with Gasteiger partial charge in [0.05, 0.1) is 11.4 Å². The Bertz CT molecular complexity index is 982. The normalized spacial score (nSPS) is 12.4. The summed E-state index contributed by atoms with van der Waals surface area (Å²) in [5.74, 6) is 1.78. The van der Waals surface area contributed by atoms with Crippen LogP contribution in [0.1, 0.15) is 18.8 Å². The Hall–Kier alpha value is -2.81. The second kappa shape index (κ2) is 6.00. The zero-order chi connectivity index (χ0) is 16.5. The third-order valence-corrected chi connectivity index (χ3v) is 3.98. The Kier molecular flexibility index (Phi) is 3.69. The molecule has 4 aromatic rings. The number of benzene rings is 1. The average molecular weight is 386 g/mol. The smallest absolute Gasteiger partial charge is 0.252 e. The molecule has 0 spiro atoms. The molecule has 24 heavy (non-hydrogen) atoms. The van der Waals surface area contributed by atoms with Gasteiger partial charge in [0.1, 0.15) is 6.33 Å². The largest absolute Gasteiger partial charge is 0.357 e. The second-order valence-corrected chi connectivity index (χ2v) is 6.03. The van der Waals surface area contributed by atoms with E-state index in [9.17, 15) is 0 Å². The first-order valence-electron chi connectivity index (χ1n) is 7.21. The quantitative estimate of drug-likeness (QED) is 0.576. The summed E-state index contributed by atoms with van der Waals surface area (Å²) in [6.45, 7) is 1.96. The minimum Gasteiger partial charge on any atom is -0.357 e. The molecule has 0 aliphatic rings. The lowest BCUT2D eigenvalue weighted by atomic mass is 10.2. The van der Waals surface area contributed by atoms with Gasteiger partial charge in [-0.2, -0.15) is 9.78 Å². The monoisotopic (exact) mass is 385 g/mol. The number of aromatic nitrogens is 6. The lowest BCUT2D eigenvalue weighted by Crippen LogP contribution is -2.15. The lowest BCUT2D eigenvalue weighted by Gasteiger charge is -2.13. The SMILES string of the molecule is CC(Nc1noc2ccc(Br)cc12)c1ncnn1-c1ncccn1. The van der Waals surface area contributed by atoms with Crippen molar-refractivity contribution in [3.63, 3.8) is 0 Å². The molecule has 0 saturated carbocycles. The molecule has 9 heteroatoms. The first-order valence-corrected chi connectivity index (χ1v) is 8.00. The molecule has 0 saturated heterocycles. The summed E-state index contributed by atoms with van der Waals surface area (Å²) in [7, 11) is 0. The Morgan fingerprint density at radius 1 is 1.21 bits per heavy atom. The fraction of sp³-hybridized carbons (Fsp3) is 0.133. The summed E-state index contributed by atoms with van der Waals surface area (Å²) in [6.07, 6.45) is 4.80. The highest BCUT2D eigenvalue weighted by Gasteiger charge is 2.18. The number of anilines is 1. The van der Waals surface area contributed by atoms with Crippen molar-refractivity contribution in [3.05, 3.63) is 53.3 Å². The van der Waals surface area contributed by atoms with Crippen molar-refractivity contribution >= 4 is 32.7 Å². The number of hydrogen-bond acceptors (Lipinski definition) is 7. The van der Waals surface area contributed by atoms with Crippen molar-refractivity contribution in [2.24, 2.45) is 0 Å². The summed E-state index contributed by atoms with van der Waals surface area (Å²) in [5, 5.41) is 12.5. The maximum atomic E-state index is 5.34. The summed E-state index contributed by atoms with van der Waals surface area (Å²) in [5.41, 5.74) is 0.709. The third-order valence-electron chi connectivity index (χ3n) is 3.49. The zero-order valence-corrected chi connectivity index (χ0v) is 14.2. The van der Waals surface area contributed by atoms with Crippen LogP contribution in [0.2, 0.25) is 0 Å². The van der Waals surface area contributed by atoms with E-state index in [-0.39, 0.29) is 6.04 Å². The summed E-state index contributed by atoms with van der Waals surface area (Å²) in [4.78, 5) is 12.7. The van der Waals surface area contributed by atoms with Crippen LogP contribution < -0.4 is 5.32 Å². The van der Waals surface area contributed by atoms with Crippen molar-refractivity contribution in [1.82, 2.24) is 29.9 Å². The Labute approximate surface area is 145 Å². The molecule has 1 aromatic carbocycles. The van der Waals surface area contributed by atoms with Crippen LogP contribution in [0.5, 0.6) is 0 Å². The summed E-state index contributed by atoms with van der Waals surface area (Å²) < 4.78 is 7.88. The number of rotatable bonds is 4. The fourth-order valence-electron chi connectivity index (χ4n) is 2.38. The van der Waals surface area contributed by atoms with Crippen LogP contribution in [0.4, 0.5) is 5.82 Å². The summed E-state index contributed by atoms with van der Waals surface area (Å²) in [6, 6.07) is 7.29. The van der Waals surface area contributed by atoms with Gasteiger partial charge in [0.15, 0.2) is 17.2 Å². The van der Waals surface area contributed by atoms with E-state index >= 15 is 0 Å². The first kappa shape index (κ1) is 14.8.